The zero-order chi connectivity index (χ0) is 15.2. The van der Waals surface area contributed by atoms with E-state index in [4.69, 9.17) is 10.2 Å². The fraction of sp³-hybridized carbons (Fsp3) is 0.0909. The Balaban J connectivity index is 1.98. The maximum absolute atomic E-state index is 11.7. The van der Waals surface area contributed by atoms with Gasteiger partial charge in [0, 0.05) is 12.4 Å². The maximum atomic E-state index is 11.7. The Hall–Kier alpha value is -3.30. The molecular weight excluding hydrogens is 280 g/mol. The third-order valence-corrected chi connectivity index (χ3v) is 2.18. The van der Waals surface area contributed by atoms with Gasteiger partial charge < -0.3 is 15.5 Å². The summed E-state index contributed by atoms with van der Waals surface area (Å²) in [6, 6.07) is -0.185. The smallest absolute Gasteiger partial charge is 0.302 e. The first-order valence-electron chi connectivity index (χ1n) is 5.65. The molecule has 0 unspecified atom stereocenters. The normalized spacial score (nSPS) is 9.90. The SMILES string of the molecule is NC(=O)CNC(=O)c1coc(NC(=O)c2cnccn2)n1. The molecule has 0 saturated heterocycles. The summed E-state index contributed by atoms with van der Waals surface area (Å²) in [5.41, 5.74) is 4.85. The lowest BCUT2D eigenvalue weighted by molar-refractivity contribution is -0.117. The van der Waals surface area contributed by atoms with Crippen molar-refractivity contribution in [3.8, 4) is 0 Å². The number of carbonyl (C=O) groups is 3. The Morgan fingerprint density at radius 2 is 2.00 bits per heavy atom. The molecule has 10 heteroatoms. The van der Waals surface area contributed by atoms with Crippen molar-refractivity contribution in [2.75, 3.05) is 11.9 Å². The summed E-state index contributed by atoms with van der Waals surface area (Å²) in [6.45, 7) is -0.326. The van der Waals surface area contributed by atoms with E-state index in [1.54, 1.807) is 0 Å². The third kappa shape index (κ3) is 3.83. The van der Waals surface area contributed by atoms with E-state index in [1.165, 1.54) is 18.6 Å². The van der Waals surface area contributed by atoms with Crippen LogP contribution in [0.4, 0.5) is 6.01 Å². The molecule has 0 bridgehead atoms. The predicted octanol–water partition coefficient (Wildman–Crippen LogP) is -1.07. The van der Waals surface area contributed by atoms with Crippen LogP contribution in [-0.4, -0.2) is 39.2 Å². The molecule has 2 heterocycles. The van der Waals surface area contributed by atoms with Gasteiger partial charge in [-0.15, -0.1) is 0 Å². The standard InChI is InChI=1S/C11H10N6O4/c12-8(18)4-15-9(19)7-5-21-11(16-7)17-10(20)6-3-13-1-2-14-6/h1-3,5H,4H2,(H2,12,18)(H,15,19)(H,16,17,20). The molecule has 4 N–H and O–H groups in total. The van der Waals surface area contributed by atoms with Gasteiger partial charge in [0.2, 0.25) is 5.91 Å². The first kappa shape index (κ1) is 14.1. The number of nitrogens with zero attached hydrogens (tertiary/aromatic N) is 3. The van der Waals surface area contributed by atoms with E-state index < -0.39 is 17.7 Å². The van der Waals surface area contributed by atoms with Crippen LogP contribution in [0.3, 0.4) is 0 Å². The number of rotatable bonds is 5. The van der Waals surface area contributed by atoms with Crippen LogP contribution < -0.4 is 16.4 Å². The molecule has 3 amide bonds. The van der Waals surface area contributed by atoms with Gasteiger partial charge in [-0.3, -0.25) is 24.7 Å². The Bertz CT molecular complexity index is 668. The second-order valence-electron chi connectivity index (χ2n) is 3.73. The minimum atomic E-state index is -0.692. The zero-order valence-corrected chi connectivity index (χ0v) is 10.6. The van der Waals surface area contributed by atoms with Crippen LogP contribution in [0.5, 0.6) is 0 Å². The maximum Gasteiger partial charge on any atom is 0.302 e. The van der Waals surface area contributed by atoms with Gasteiger partial charge in [0.25, 0.3) is 11.8 Å². The summed E-state index contributed by atoms with van der Waals surface area (Å²) >= 11 is 0. The molecule has 108 valence electrons. The zero-order valence-electron chi connectivity index (χ0n) is 10.6. The highest BCUT2D eigenvalue weighted by molar-refractivity contribution is 6.01. The van der Waals surface area contributed by atoms with Crippen molar-refractivity contribution >= 4 is 23.7 Å². The average Bonchev–Trinajstić information content (AvgIpc) is 2.94. The van der Waals surface area contributed by atoms with Gasteiger partial charge in [0.1, 0.15) is 12.0 Å². The Labute approximate surface area is 117 Å². The highest BCUT2D eigenvalue weighted by atomic mass is 16.4. The summed E-state index contributed by atoms with van der Waals surface area (Å²) in [5, 5.41) is 4.53. The topological polar surface area (TPSA) is 153 Å². The van der Waals surface area contributed by atoms with Crippen molar-refractivity contribution in [1.82, 2.24) is 20.3 Å². The van der Waals surface area contributed by atoms with E-state index in [0.29, 0.717) is 0 Å². The van der Waals surface area contributed by atoms with E-state index in [0.717, 1.165) is 6.26 Å². The molecule has 0 atom stereocenters. The molecule has 0 saturated carbocycles. The van der Waals surface area contributed by atoms with Crippen LogP contribution in [-0.2, 0) is 4.79 Å². The minimum absolute atomic E-state index is 0.0652. The fourth-order valence-corrected chi connectivity index (χ4v) is 1.27. The molecule has 0 aromatic carbocycles. The summed E-state index contributed by atoms with van der Waals surface area (Å²) in [5.74, 6) is -1.94. The van der Waals surface area contributed by atoms with Crippen LogP contribution in [0.15, 0.2) is 29.3 Å². The number of primary amides is 1. The minimum Gasteiger partial charge on any atom is -0.431 e. The van der Waals surface area contributed by atoms with Gasteiger partial charge in [0.15, 0.2) is 5.69 Å². The quantitative estimate of drug-likeness (QED) is 0.633. The summed E-state index contributed by atoms with van der Waals surface area (Å²) in [4.78, 5) is 45.1. The van der Waals surface area contributed by atoms with Gasteiger partial charge in [-0.05, 0) is 0 Å². The number of aromatic nitrogens is 3. The summed E-state index contributed by atoms with van der Waals surface area (Å²) < 4.78 is 4.92. The lowest BCUT2D eigenvalue weighted by atomic mass is 10.4. The number of oxazole rings is 1. The lowest BCUT2D eigenvalue weighted by Crippen LogP contribution is -2.33. The molecule has 0 spiro atoms. The van der Waals surface area contributed by atoms with Gasteiger partial charge >= 0.3 is 6.01 Å². The Morgan fingerprint density at radius 1 is 1.19 bits per heavy atom. The largest absolute Gasteiger partial charge is 0.431 e. The number of carbonyl (C=O) groups excluding carboxylic acids is 3. The molecule has 0 fully saturated rings. The fourth-order valence-electron chi connectivity index (χ4n) is 1.27. The van der Waals surface area contributed by atoms with E-state index in [-0.39, 0.29) is 23.9 Å². The molecule has 0 aliphatic heterocycles. The van der Waals surface area contributed by atoms with E-state index in [2.05, 4.69) is 25.6 Å². The monoisotopic (exact) mass is 290 g/mol. The second-order valence-corrected chi connectivity index (χ2v) is 3.73. The molecule has 0 radical (unpaired) electrons. The van der Waals surface area contributed by atoms with E-state index in [1.807, 2.05) is 0 Å². The van der Waals surface area contributed by atoms with Crippen molar-refractivity contribution in [3.63, 3.8) is 0 Å². The van der Waals surface area contributed by atoms with Crippen LogP contribution in [0, 0.1) is 0 Å². The molecule has 0 aliphatic rings. The number of hydrogen-bond acceptors (Lipinski definition) is 7. The first-order valence-corrected chi connectivity index (χ1v) is 5.65. The van der Waals surface area contributed by atoms with Gasteiger partial charge in [-0.1, -0.05) is 0 Å². The average molecular weight is 290 g/mol. The van der Waals surface area contributed by atoms with Crippen molar-refractivity contribution < 1.29 is 18.8 Å². The summed E-state index contributed by atoms with van der Waals surface area (Å²) in [6.07, 6.45) is 5.07. The summed E-state index contributed by atoms with van der Waals surface area (Å²) in [7, 11) is 0. The molecule has 10 nitrogen and oxygen atoms in total. The van der Waals surface area contributed by atoms with Crippen molar-refractivity contribution in [3.05, 3.63) is 36.2 Å². The van der Waals surface area contributed by atoms with Crippen molar-refractivity contribution in [2.24, 2.45) is 5.73 Å². The molecule has 21 heavy (non-hydrogen) atoms. The van der Waals surface area contributed by atoms with E-state index >= 15 is 0 Å². The van der Waals surface area contributed by atoms with Crippen LogP contribution in [0.1, 0.15) is 21.0 Å². The van der Waals surface area contributed by atoms with Gasteiger partial charge in [-0.25, -0.2) is 4.98 Å². The second kappa shape index (κ2) is 6.23. The number of hydrogen-bond donors (Lipinski definition) is 3. The number of nitrogens with one attached hydrogen (secondary N) is 2. The number of nitrogens with two attached hydrogens (primary N) is 1. The lowest BCUT2D eigenvalue weighted by Gasteiger charge is -1.99. The number of anilines is 1. The third-order valence-electron chi connectivity index (χ3n) is 2.18. The highest BCUT2D eigenvalue weighted by Crippen LogP contribution is 2.08. The predicted molar refractivity (Wildman–Crippen MR) is 68.0 cm³/mol. The Morgan fingerprint density at radius 3 is 2.67 bits per heavy atom. The van der Waals surface area contributed by atoms with Crippen molar-refractivity contribution in [2.45, 2.75) is 0 Å². The molecular formula is C11H10N6O4. The highest BCUT2D eigenvalue weighted by Gasteiger charge is 2.15. The van der Waals surface area contributed by atoms with Crippen LogP contribution in [0.25, 0.3) is 0 Å². The van der Waals surface area contributed by atoms with Gasteiger partial charge in [0.05, 0.1) is 12.7 Å². The Kier molecular flexibility index (Phi) is 4.19. The van der Waals surface area contributed by atoms with Crippen molar-refractivity contribution in [1.29, 1.82) is 0 Å². The number of amides is 3. The van der Waals surface area contributed by atoms with Crippen LogP contribution >= 0.6 is 0 Å². The van der Waals surface area contributed by atoms with Crippen LogP contribution in [0.2, 0.25) is 0 Å². The molecule has 2 aromatic rings. The van der Waals surface area contributed by atoms with Gasteiger partial charge in [-0.2, -0.15) is 4.98 Å². The first-order chi connectivity index (χ1) is 10.1. The van der Waals surface area contributed by atoms with E-state index in [9.17, 15) is 14.4 Å². The molecule has 2 aromatic heterocycles. The molecule has 0 aliphatic carbocycles. The molecule has 2 rings (SSSR count).